The standard InChI is InChI=1S/C18H27N3O2/c1-18(2,3)23-17(22)21-13-11-20(12-14-21)10-9-19-15-16-7-5-4-6-8-16/h4-8,15H,9-14H2,1-3H3/p+1. The maximum Gasteiger partial charge on any atom is 0.410 e. The van der Waals surface area contributed by atoms with E-state index in [1.807, 2.05) is 50.1 Å². The van der Waals surface area contributed by atoms with E-state index in [0.717, 1.165) is 44.8 Å². The first-order valence-electron chi connectivity index (χ1n) is 8.30. The second-order valence-corrected chi connectivity index (χ2v) is 6.91. The third-order valence-electron chi connectivity index (χ3n) is 3.76. The molecule has 1 aliphatic rings. The Morgan fingerprint density at radius 1 is 1.26 bits per heavy atom. The minimum absolute atomic E-state index is 0.196. The SMILES string of the molecule is CC(C)(C)OC(=O)N1CC[NH+](CCN=Cc2ccccc2)CC1. The number of nitrogens with one attached hydrogen (secondary N) is 1. The molecule has 1 heterocycles. The molecule has 1 amide bonds. The Labute approximate surface area is 138 Å². The molecule has 1 aromatic carbocycles. The second kappa shape index (κ2) is 8.11. The van der Waals surface area contributed by atoms with Gasteiger partial charge in [-0.2, -0.15) is 0 Å². The summed E-state index contributed by atoms with van der Waals surface area (Å²) in [6.07, 6.45) is 1.73. The van der Waals surface area contributed by atoms with Gasteiger partial charge in [0.15, 0.2) is 0 Å². The van der Waals surface area contributed by atoms with E-state index in [2.05, 4.69) is 17.1 Å². The quantitative estimate of drug-likeness (QED) is 0.849. The Hall–Kier alpha value is -1.88. The molecular formula is C18H28N3O2+. The van der Waals surface area contributed by atoms with Crippen molar-refractivity contribution in [3.05, 3.63) is 35.9 Å². The number of quaternary nitrogens is 1. The average Bonchev–Trinajstić information content (AvgIpc) is 2.51. The highest BCUT2D eigenvalue weighted by atomic mass is 16.6. The lowest BCUT2D eigenvalue weighted by Gasteiger charge is -2.33. The van der Waals surface area contributed by atoms with Crippen LogP contribution in [0.2, 0.25) is 0 Å². The molecule has 0 spiro atoms. The number of aliphatic imine (C=N–C) groups is 1. The second-order valence-electron chi connectivity index (χ2n) is 6.91. The monoisotopic (exact) mass is 318 g/mol. The number of carbonyl (C=O) groups excluding carboxylic acids is 1. The van der Waals surface area contributed by atoms with Crippen molar-refractivity contribution < 1.29 is 14.4 Å². The first-order chi connectivity index (χ1) is 10.9. The molecule has 0 aromatic heterocycles. The van der Waals surface area contributed by atoms with E-state index in [1.165, 1.54) is 4.90 Å². The highest BCUT2D eigenvalue weighted by molar-refractivity contribution is 5.79. The number of rotatable bonds is 4. The summed E-state index contributed by atoms with van der Waals surface area (Å²) in [6.45, 7) is 11.0. The summed E-state index contributed by atoms with van der Waals surface area (Å²) < 4.78 is 5.41. The highest BCUT2D eigenvalue weighted by Crippen LogP contribution is 2.09. The first-order valence-corrected chi connectivity index (χ1v) is 8.30. The van der Waals surface area contributed by atoms with Crippen LogP contribution in [0.5, 0.6) is 0 Å². The van der Waals surface area contributed by atoms with Gasteiger partial charge in [0.2, 0.25) is 0 Å². The smallest absolute Gasteiger partial charge is 0.410 e. The number of hydrogen-bond acceptors (Lipinski definition) is 3. The zero-order chi connectivity index (χ0) is 16.7. The normalized spacial score (nSPS) is 16.7. The Bertz CT molecular complexity index is 515. The van der Waals surface area contributed by atoms with Crippen LogP contribution in [-0.2, 0) is 4.74 Å². The topological polar surface area (TPSA) is 46.3 Å². The number of piperazine rings is 1. The number of hydrogen-bond donors (Lipinski definition) is 1. The first kappa shape index (κ1) is 17.5. The van der Waals surface area contributed by atoms with Crippen LogP contribution in [0.4, 0.5) is 4.79 Å². The van der Waals surface area contributed by atoms with Gasteiger partial charge in [0.05, 0.1) is 39.3 Å². The van der Waals surface area contributed by atoms with Crippen LogP contribution in [-0.4, -0.2) is 62.1 Å². The van der Waals surface area contributed by atoms with Crippen molar-refractivity contribution in [3.8, 4) is 0 Å². The largest absolute Gasteiger partial charge is 0.444 e. The van der Waals surface area contributed by atoms with Gasteiger partial charge in [-0.25, -0.2) is 4.79 Å². The summed E-state index contributed by atoms with van der Waals surface area (Å²) in [5.74, 6) is 0. The Balaban J connectivity index is 1.67. The van der Waals surface area contributed by atoms with Crippen LogP contribution < -0.4 is 4.90 Å². The summed E-state index contributed by atoms with van der Waals surface area (Å²) in [4.78, 5) is 19.8. The van der Waals surface area contributed by atoms with E-state index in [-0.39, 0.29) is 6.09 Å². The molecule has 0 atom stereocenters. The molecule has 0 aliphatic carbocycles. The fraction of sp³-hybridized carbons (Fsp3) is 0.556. The fourth-order valence-corrected chi connectivity index (χ4v) is 2.51. The lowest BCUT2D eigenvalue weighted by molar-refractivity contribution is -0.902. The predicted octanol–water partition coefficient (Wildman–Crippen LogP) is 1.24. The maximum absolute atomic E-state index is 12.0. The van der Waals surface area contributed by atoms with Crippen molar-refractivity contribution in [2.45, 2.75) is 26.4 Å². The van der Waals surface area contributed by atoms with E-state index in [4.69, 9.17) is 4.74 Å². The molecule has 5 heteroatoms. The summed E-state index contributed by atoms with van der Waals surface area (Å²) in [5, 5.41) is 0. The van der Waals surface area contributed by atoms with E-state index in [1.54, 1.807) is 0 Å². The van der Waals surface area contributed by atoms with Crippen LogP contribution in [0.1, 0.15) is 26.3 Å². The lowest BCUT2D eigenvalue weighted by Crippen LogP contribution is -3.15. The molecule has 0 saturated carbocycles. The zero-order valence-electron chi connectivity index (χ0n) is 14.4. The predicted molar refractivity (Wildman–Crippen MR) is 92.3 cm³/mol. The highest BCUT2D eigenvalue weighted by Gasteiger charge is 2.27. The van der Waals surface area contributed by atoms with Crippen molar-refractivity contribution in [2.24, 2.45) is 4.99 Å². The minimum Gasteiger partial charge on any atom is -0.444 e. The Kier molecular flexibility index (Phi) is 6.16. The zero-order valence-corrected chi connectivity index (χ0v) is 14.4. The molecular weight excluding hydrogens is 290 g/mol. The maximum atomic E-state index is 12.0. The summed E-state index contributed by atoms with van der Waals surface area (Å²) >= 11 is 0. The van der Waals surface area contributed by atoms with Crippen molar-refractivity contribution >= 4 is 12.3 Å². The van der Waals surface area contributed by atoms with E-state index in [9.17, 15) is 4.79 Å². The van der Waals surface area contributed by atoms with Crippen LogP contribution in [0.15, 0.2) is 35.3 Å². The fourth-order valence-electron chi connectivity index (χ4n) is 2.51. The molecule has 0 bridgehead atoms. The van der Waals surface area contributed by atoms with E-state index >= 15 is 0 Å². The molecule has 1 fully saturated rings. The van der Waals surface area contributed by atoms with Gasteiger partial charge < -0.3 is 9.64 Å². The molecule has 5 nitrogen and oxygen atoms in total. The Morgan fingerprint density at radius 2 is 1.91 bits per heavy atom. The van der Waals surface area contributed by atoms with Crippen LogP contribution in [0.25, 0.3) is 0 Å². The van der Waals surface area contributed by atoms with E-state index < -0.39 is 5.60 Å². The number of ether oxygens (including phenoxy) is 1. The Morgan fingerprint density at radius 3 is 2.52 bits per heavy atom. The van der Waals surface area contributed by atoms with Gasteiger partial charge in [0.25, 0.3) is 0 Å². The number of benzene rings is 1. The number of nitrogens with zero attached hydrogens (tertiary/aromatic N) is 2. The molecule has 126 valence electrons. The summed E-state index contributed by atoms with van der Waals surface area (Å²) in [7, 11) is 0. The number of carbonyl (C=O) groups is 1. The van der Waals surface area contributed by atoms with Gasteiger partial charge in [-0.05, 0) is 26.3 Å². The lowest BCUT2D eigenvalue weighted by atomic mass is 10.2. The van der Waals surface area contributed by atoms with Crippen molar-refractivity contribution in [3.63, 3.8) is 0 Å². The minimum atomic E-state index is -0.423. The summed E-state index contributed by atoms with van der Waals surface area (Å²) in [6, 6.07) is 10.1. The van der Waals surface area contributed by atoms with Gasteiger partial charge in [-0.1, -0.05) is 30.3 Å². The third kappa shape index (κ3) is 6.40. The van der Waals surface area contributed by atoms with Crippen LogP contribution in [0, 0.1) is 0 Å². The number of amides is 1. The van der Waals surface area contributed by atoms with Crippen LogP contribution in [0.3, 0.4) is 0 Å². The van der Waals surface area contributed by atoms with Crippen molar-refractivity contribution in [1.29, 1.82) is 0 Å². The molecule has 1 N–H and O–H groups in total. The van der Waals surface area contributed by atoms with Gasteiger partial charge >= 0.3 is 6.09 Å². The molecule has 1 aromatic rings. The van der Waals surface area contributed by atoms with Gasteiger partial charge in [-0.15, -0.1) is 0 Å². The average molecular weight is 318 g/mol. The molecule has 1 saturated heterocycles. The third-order valence-corrected chi connectivity index (χ3v) is 3.76. The van der Waals surface area contributed by atoms with Crippen molar-refractivity contribution in [2.75, 3.05) is 39.3 Å². The molecule has 2 rings (SSSR count). The van der Waals surface area contributed by atoms with Gasteiger partial charge in [0, 0.05) is 6.21 Å². The van der Waals surface area contributed by atoms with Crippen molar-refractivity contribution in [1.82, 2.24) is 4.90 Å². The van der Waals surface area contributed by atoms with Gasteiger partial charge in [-0.3, -0.25) is 9.89 Å². The summed E-state index contributed by atoms with van der Waals surface area (Å²) in [5.41, 5.74) is 0.713. The molecule has 0 radical (unpaired) electrons. The van der Waals surface area contributed by atoms with Crippen LogP contribution >= 0.6 is 0 Å². The van der Waals surface area contributed by atoms with Gasteiger partial charge in [0.1, 0.15) is 5.60 Å². The molecule has 23 heavy (non-hydrogen) atoms. The molecule has 0 unspecified atom stereocenters. The molecule has 1 aliphatic heterocycles. The van der Waals surface area contributed by atoms with E-state index in [0.29, 0.717) is 0 Å².